The SMILES string of the molecule is Cc1ccc(Cl)c2sc(N(Cc3ccccc3)C(=O)c3ccno3)nc12. The quantitative estimate of drug-likeness (QED) is 0.492. The summed E-state index contributed by atoms with van der Waals surface area (Å²) < 4.78 is 5.93. The van der Waals surface area contributed by atoms with E-state index in [1.807, 2.05) is 49.4 Å². The molecular weight excluding hydrogens is 370 g/mol. The Kier molecular flexibility index (Phi) is 4.44. The molecular formula is C19H14ClN3O2S. The van der Waals surface area contributed by atoms with E-state index in [4.69, 9.17) is 16.1 Å². The number of anilines is 1. The largest absolute Gasteiger partial charge is 0.351 e. The molecule has 0 aliphatic heterocycles. The number of thiazole rings is 1. The molecule has 4 rings (SSSR count). The summed E-state index contributed by atoms with van der Waals surface area (Å²) in [6, 6.07) is 15.1. The molecule has 0 aliphatic carbocycles. The highest BCUT2D eigenvalue weighted by Crippen LogP contribution is 2.36. The third-order valence-corrected chi connectivity index (χ3v) is 5.53. The first-order chi connectivity index (χ1) is 12.6. The van der Waals surface area contributed by atoms with Crippen molar-refractivity contribution in [1.82, 2.24) is 10.1 Å². The van der Waals surface area contributed by atoms with Crippen molar-refractivity contribution in [2.75, 3.05) is 4.90 Å². The van der Waals surface area contributed by atoms with E-state index in [0.717, 1.165) is 21.3 Å². The Balaban J connectivity index is 1.81. The van der Waals surface area contributed by atoms with Crippen LogP contribution in [0.4, 0.5) is 5.13 Å². The van der Waals surface area contributed by atoms with Crippen LogP contribution in [0.3, 0.4) is 0 Å². The van der Waals surface area contributed by atoms with Gasteiger partial charge in [-0.2, -0.15) is 0 Å². The number of carbonyl (C=O) groups excluding carboxylic acids is 1. The normalized spacial score (nSPS) is 11.0. The van der Waals surface area contributed by atoms with Crippen molar-refractivity contribution < 1.29 is 9.32 Å². The van der Waals surface area contributed by atoms with Crippen molar-refractivity contribution in [3.63, 3.8) is 0 Å². The van der Waals surface area contributed by atoms with Gasteiger partial charge in [0.2, 0.25) is 5.76 Å². The number of hydrogen-bond acceptors (Lipinski definition) is 5. The van der Waals surface area contributed by atoms with Crippen LogP contribution < -0.4 is 4.90 Å². The third-order valence-electron chi connectivity index (χ3n) is 3.99. The van der Waals surface area contributed by atoms with Gasteiger partial charge in [-0.25, -0.2) is 4.98 Å². The molecule has 0 N–H and O–H groups in total. The lowest BCUT2D eigenvalue weighted by molar-refractivity contribution is 0.0949. The van der Waals surface area contributed by atoms with Crippen LogP contribution >= 0.6 is 22.9 Å². The minimum atomic E-state index is -0.292. The highest BCUT2D eigenvalue weighted by Gasteiger charge is 2.25. The predicted octanol–water partition coefficient (Wildman–Crippen LogP) is 5.09. The summed E-state index contributed by atoms with van der Waals surface area (Å²) in [7, 11) is 0. The van der Waals surface area contributed by atoms with Crippen LogP contribution in [0.25, 0.3) is 10.2 Å². The van der Waals surface area contributed by atoms with Crippen LogP contribution in [-0.4, -0.2) is 16.0 Å². The Labute approximate surface area is 158 Å². The Morgan fingerprint density at radius 1 is 1.19 bits per heavy atom. The summed E-state index contributed by atoms with van der Waals surface area (Å²) in [5, 5.41) is 4.83. The maximum Gasteiger partial charge on any atom is 0.298 e. The molecule has 5 nitrogen and oxygen atoms in total. The Morgan fingerprint density at radius 2 is 2.00 bits per heavy atom. The van der Waals surface area contributed by atoms with Gasteiger partial charge in [0.1, 0.15) is 0 Å². The Bertz CT molecular complexity index is 1020. The van der Waals surface area contributed by atoms with E-state index in [-0.39, 0.29) is 11.7 Å². The number of rotatable bonds is 4. The first-order valence-electron chi connectivity index (χ1n) is 7.95. The second-order valence-corrected chi connectivity index (χ2v) is 7.18. The molecule has 0 unspecified atom stereocenters. The summed E-state index contributed by atoms with van der Waals surface area (Å²) in [6.45, 7) is 2.35. The van der Waals surface area contributed by atoms with E-state index >= 15 is 0 Å². The topological polar surface area (TPSA) is 59.2 Å². The molecule has 0 radical (unpaired) electrons. The van der Waals surface area contributed by atoms with Crippen molar-refractivity contribution in [3.05, 3.63) is 76.6 Å². The highest BCUT2D eigenvalue weighted by molar-refractivity contribution is 7.23. The first kappa shape index (κ1) is 16.8. The van der Waals surface area contributed by atoms with Crippen LogP contribution in [-0.2, 0) is 6.54 Å². The molecule has 0 saturated heterocycles. The second-order valence-electron chi connectivity index (χ2n) is 5.79. The number of amides is 1. The summed E-state index contributed by atoms with van der Waals surface area (Å²) in [5.74, 6) is -0.123. The molecule has 0 saturated carbocycles. The molecule has 4 aromatic rings. The van der Waals surface area contributed by atoms with Crippen LogP contribution in [0, 0.1) is 6.92 Å². The lowest BCUT2D eigenvalue weighted by Gasteiger charge is -2.18. The second kappa shape index (κ2) is 6.90. The predicted molar refractivity (Wildman–Crippen MR) is 103 cm³/mol. The van der Waals surface area contributed by atoms with Crippen molar-refractivity contribution in [1.29, 1.82) is 0 Å². The van der Waals surface area contributed by atoms with E-state index in [1.54, 1.807) is 11.0 Å². The minimum Gasteiger partial charge on any atom is -0.351 e. The molecule has 0 bridgehead atoms. The molecule has 2 aromatic carbocycles. The highest BCUT2D eigenvalue weighted by atomic mass is 35.5. The van der Waals surface area contributed by atoms with Gasteiger partial charge in [-0.05, 0) is 24.1 Å². The average molecular weight is 384 g/mol. The number of aryl methyl sites for hydroxylation is 1. The number of benzene rings is 2. The monoisotopic (exact) mass is 383 g/mol. The molecule has 0 spiro atoms. The van der Waals surface area contributed by atoms with E-state index < -0.39 is 0 Å². The number of nitrogens with zero attached hydrogens (tertiary/aromatic N) is 3. The molecule has 2 aromatic heterocycles. The Morgan fingerprint density at radius 3 is 2.69 bits per heavy atom. The summed E-state index contributed by atoms with van der Waals surface area (Å²) in [4.78, 5) is 19.3. The molecule has 0 fully saturated rings. The minimum absolute atomic E-state index is 0.169. The zero-order valence-electron chi connectivity index (χ0n) is 13.8. The number of fused-ring (bicyclic) bond motifs is 1. The maximum absolute atomic E-state index is 13.0. The van der Waals surface area contributed by atoms with Gasteiger partial charge in [-0.3, -0.25) is 9.69 Å². The number of halogens is 1. The third kappa shape index (κ3) is 3.09. The fourth-order valence-corrected chi connectivity index (χ4v) is 3.97. The van der Waals surface area contributed by atoms with Crippen LogP contribution in [0.15, 0.2) is 59.3 Å². The average Bonchev–Trinajstić information content (AvgIpc) is 3.33. The van der Waals surface area contributed by atoms with Crippen molar-refractivity contribution >= 4 is 44.2 Å². The van der Waals surface area contributed by atoms with Crippen molar-refractivity contribution in [3.8, 4) is 0 Å². The van der Waals surface area contributed by atoms with Gasteiger partial charge < -0.3 is 4.52 Å². The molecule has 7 heteroatoms. The summed E-state index contributed by atoms with van der Waals surface area (Å²) >= 11 is 7.72. The van der Waals surface area contributed by atoms with Gasteiger partial charge in [-0.1, -0.05) is 64.5 Å². The fraction of sp³-hybridized carbons (Fsp3) is 0.105. The molecule has 2 heterocycles. The van der Waals surface area contributed by atoms with Gasteiger partial charge in [0.15, 0.2) is 5.13 Å². The Hall–Kier alpha value is -2.70. The van der Waals surface area contributed by atoms with E-state index in [1.165, 1.54) is 17.5 Å². The lowest BCUT2D eigenvalue weighted by Crippen LogP contribution is -2.30. The van der Waals surface area contributed by atoms with Gasteiger partial charge in [0, 0.05) is 6.07 Å². The van der Waals surface area contributed by atoms with Gasteiger partial charge >= 0.3 is 0 Å². The zero-order chi connectivity index (χ0) is 18.1. The molecule has 0 aliphatic rings. The smallest absolute Gasteiger partial charge is 0.298 e. The van der Waals surface area contributed by atoms with E-state index in [9.17, 15) is 4.79 Å². The molecule has 1 amide bonds. The first-order valence-corrected chi connectivity index (χ1v) is 9.15. The fourth-order valence-electron chi connectivity index (χ4n) is 2.66. The summed E-state index contributed by atoms with van der Waals surface area (Å²) in [5.41, 5.74) is 2.81. The number of hydrogen-bond donors (Lipinski definition) is 0. The zero-order valence-corrected chi connectivity index (χ0v) is 15.4. The molecule has 0 atom stereocenters. The van der Waals surface area contributed by atoms with Crippen LogP contribution in [0.2, 0.25) is 5.02 Å². The molecule has 130 valence electrons. The van der Waals surface area contributed by atoms with Crippen LogP contribution in [0.5, 0.6) is 0 Å². The van der Waals surface area contributed by atoms with Crippen molar-refractivity contribution in [2.24, 2.45) is 0 Å². The molecule has 26 heavy (non-hydrogen) atoms. The van der Waals surface area contributed by atoms with Gasteiger partial charge in [0.05, 0.1) is 28.0 Å². The maximum atomic E-state index is 13.0. The number of carbonyl (C=O) groups is 1. The number of aromatic nitrogens is 2. The van der Waals surface area contributed by atoms with E-state index in [0.29, 0.717) is 16.7 Å². The van der Waals surface area contributed by atoms with Gasteiger partial charge in [-0.15, -0.1) is 0 Å². The lowest BCUT2D eigenvalue weighted by atomic mass is 10.2. The van der Waals surface area contributed by atoms with Crippen LogP contribution in [0.1, 0.15) is 21.7 Å². The van der Waals surface area contributed by atoms with Crippen molar-refractivity contribution in [2.45, 2.75) is 13.5 Å². The standard InChI is InChI=1S/C19H14ClN3O2S/c1-12-7-8-14(20)17-16(12)22-19(26-17)23(11-13-5-3-2-4-6-13)18(24)15-9-10-21-25-15/h2-10H,11H2,1H3. The van der Waals surface area contributed by atoms with E-state index in [2.05, 4.69) is 10.1 Å². The van der Waals surface area contributed by atoms with Gasteiger partial charge in [0.25, 0.3) is 5.91 Å². The summed E-state index contributed by atoms with van der Waals surface area (Å²) in [6.07, 6.45) is 1.45.